The van der Waals surface area contributed by atoms with Gasteiger partial charge in [-0.3, -0.25) is 4.79 Å². The van der Waals surface area contributed by atoms with Gasteiger partial charge in [0.2, 0.25) is 0 Å². The molecule has 0 spiro atoms. The van der Waals surface area contributed by atoms with Gasteiger partial charge in [-0.2, -0.15) is 0 Å². The molecule has 0 aromatic rings. The normalized spacial score (nSPS) is 29.7. The molecule has 2 amide bonds. The van der Waals surface area contributed by atoms with E-state index in [9.17, 15) is 14.7 Å². The molecular formula is C12H20N2O4. The zero-order valence-electron chi connectivity index (χ0n) is 10.6. The lowest BCUT2D eigenvalue weighted by molar-refractivity contribution is -0.147. The Labute approximate surface area is 106 Å². The zero-order valence-corrected chi connectivity index (χ0v) is 10.6. The van der Waals surface area contributed by atoms with Crippen molar-refractivity contribution in [2.45, 2.75) is 32.3 Å². The van der Waals surface area contributed by atoms with Gasteiger partial charge in [-0.15, -0.1) is 0 Å². The summed E-state index contributed by atoms with van der Waals surface area (Å²) in [5.41, 5.74) is -0.815. The third-order valence-electron chi connectivity index (χ3n) is 4.00. The van der Waals surface area contributed by atoms with E-state index in [2.05, 4.69) is 0 Å². The molecule has 18 heavy (non-hydrogen) atoms. The van der Waals surface area contributed by atoms with Crippen molar-refractivity contribution in [3.05, 3.63) is 0 Å². The van der Waals surface area contributed by atoms with Crippen LogP contribution in [-0.2, 0) is 4.79 Å². The third kappa shape index (κ3) is 2.43. The molecule has 1 atom stereocenters. The average Bonchev–Trinajstić information content (AvgIpc) is 2.73. The standard InChI is InChI=1S/C12H20N2O4/c1-12(10(16)17)4-7-14(8-12)11(18)13-5-2-9(15)3-6-13/h9,15H,2-8H2,1H3,(H,16,17). The summed E-state index contributed by atoms with van der Waals surface area (Å²) in [5, 5.41) is 18.5. The lowest BCUT2D eigenvalue weighted by Crippen LogP contribution is -2.47. The van der Waals surface area contributed by atoms with Crippen molar-refractivity contribution in [2.75, 3.05) is 26.2 Å². The molecule has 102 valence electrons. The molecule has 0 radical (unpaired) electrons. The van der Waals surface area contributed by atoms with Gasteiger partial charge in [-0.25, -0.2) is 4.79 Å². The van der Waals surface area contributed by atoms with E-state index in [4.69, 9.17) is 5.11 Å². The van der Waals surface area contributed by atoms with Crippen molar-refractivity contribution >= 4 is 12.0 Å². The van der Waals surface area contributed by atoms with Crippen molar-refractivity contribution < 1.29 is 19.8 Å². The number of carbonyl (C=O) groups excluding carboxylic acids is 1. The number of piperidine rings is 1. The Morgan fingerprint density at radius 3 is 2.28 bits per heavy atom. The predicted molar refractivity (Wildman–Crippen MR) is 64.1 cm³/mol. The molecule has 0 aliphatic carbocycles. The number of nitrogens with zero attached hydrogens (tertiary/aromatic N) is 2. The maximum absolute atomic E-state index is 12.2. The van der Waals surface area contributed by atoms with E-state index in [1.807, 2.05) is 0 Å². The number of carboxylic acid groups (broad SMARTS) is 1. The SMILES string of the molecule is CC1(C(=O)O)CCN(C(=O)N2CCC(O)CC2)C1. The fourth-order valence-corrected chi connectivity index (χ4v) is 2.56. The summed E-state index contributed by atoms with van der Waals surface area (Å²) in [5.74, 6) is -0.841. The lowest BCUT2D eigenvalue weighted by atomic mass is 9.90. The van der Waals surface area contributed by atoms with Gasteiger partial charge in [0.15, 0.2) is 0 Å². The van der Waals surface area contributed by atoms with Crippen molar-refractivity contribution in [1.82, 2.24) is 9.80 Å². The number of hydrogen-bond acceptors (Lipinski definition) is 3. The van der Waals surface area contributed by atoms with Crippen LogP contribution in [0.2, 0.25) is 0 Å². The van der Waals surface area contributed by atoms with Crippen molar-refractivity contribution in [2.24, 2.45) is 5.41 Å². The van der Waals surface area contributed by atoms with E-state index in [-0.39, 0.29) is 18.7 Å². The summed E-state index contributed by atoms with van der Waals surface area (Å²) in [4.78, 5) is 26.6. The highest BCUT2D eigenvalue weighted by Crippen LogP contribution is 2.31. The minimum absolute atomic E-state index is 0.0909. The van der Waals surface area contributed by atoms with Crippen LogP contribution >= 0.6 is 0 Å². The van der Waals surface area contributed by atoms with Crippen LogP contribution in [-0.4, -0.2) is 64.3 Å². The Bertz CT molecular complexity index is 352. The number of aliphatic carboxylic acids is 1. The highest BCUT2D eigenvalue weighted by Gasteiger charge is 2.43. The Morgan fingerprint density at radius 1 is 1.17 bits per heavy atom. The van der Waals surface area contributed by atoms with Crippen LogP contribution < -0.4 is 0 Å². The number of hydrogen-bond donors (Lipinski definition) is 2. The van der Waals surface area contributed by atoms with Crippen LogP contribution in [0.4, 0.5) is 4.79 Å². The van der Waals surface area contributed by atoms with Gasteiger partial charge in [-0.1, -0.05) is 0 Å². The third-order valence-corrected chi connectivity index (χ3v) is 4.00. The average molecular weight is 256 g/mol. The van der Waals surface area contributed by atoms with Crippen molar-refractivity contribution in [1.29, 1.82) is 0 Å². The summed E-state index contributed by atoms with van der Waals surface area (Å²) in [6, 6.07) is -0.0909. The molecule has 6 nitrogen and oxygen atoms in total. The number of aliphatic hydroxyl groups is 1. The Morgan fingerprint density at radius 2 is 1.78 bits per heavy atom. The van der Waals surface area contributed by atoms with E-state index < -0.39 is 11.4 Å². The van der Waals surface area contributed by atoms with E-state index >= 15 is 0 Å². The lowest BCUT2D eigenvalue weighted by Gasteiger charge is -2.33. The quantitative estimate of drug-likeness (QED) is 0.709. The molecule has 2 aliphatic heterocycles. The Hall–Kier alpha value is -1.30. The molecule has 2 rings (SSSR count). The van der Waals surface area contributed by atoms with Gasteiger partial charge in [0.1, 0.15) is 0 Å². The molecule has 0 saturated carbocycles. The van der Waals surface area contributed by atoms with Crippen LogP contribution in [0.1, 0.15) is 26.2 Å². The first-order valence-corrected chi connectivity index (χ1v) is 6.38. The monoisotopic (exact) mass is 256 g/mol. The summed E-state index contributed by atoms with van der Waals surface area (Å²) in [7, 11) is 0. The largest absolute Gasteiger partial charge is 0.481 e. The topological polar surface area (TPSA) is 81.1 Å². The second-order valence-electron chi connectivity index (χ2n) is 5.54. The minimum Gasteiger partial charge on any atom is -0.481 e. The second-order valence-corrected chi connectivity index (χ2v) is 5.54. The number of likely N-dealkylation sites (tertiary alicyclic amines) is 2. The second kappa shape index (κ2) is 4.76. The van der Waals surface area contributed by atoms with E-state index in [0.29, 0.717) is 38.9 Å². The number of carbonyl (C=O) groups is 2. The van der Waals surface area contributed by atoms with Gasteiger partial charge >= 0.3 is 12.0 Å². The van der Waals surface area contributed by atoms with E-state index in [1.54, 1.807) is 16.7 Å². The van der Waals surface area contributed by atoms with E-state index in [1.165, 1.54) is 0 Å². The maximum Gasteiger partial charge on any atom is 0.320 e. The first-order chi connectivity index (χ1) is 8.42. The van der Waals surface area contributed by atoms with Crippen LogP contribution in [0.3, 0.4) is 0 Å². The van der Waals surface area contributed by atoms with Gasteiger partial charge in [0, 0.05) is 26.2 Å². The molecule has 2 fully saturated rings. The number of amides is 2. The molecule has 0 bridgehead atoms. The summed E-state index contributed by atoms with van der Waals surface area (Å²) >= 11 is 0. The Balaban J connectivity index is 1.93. The first-order valence-electron chi connectivity index (χ1n) is 6.38. The van der Waals surface area contributed by atoms with Crippen molar-refractivity contribution in [3.8, 4) is 0 Å². The first kappa shape index (κ1) is 13.1. The molecule has 6 heteroatoms. The van der Waals surface area contributed by atoms with Gasteiger partial charge < -0.3 is 20.0 Å². The van der Waals surface area contributed by atoms with Crippen LogP contribution in [0, 0.1) is 5.41 Å². The molecule has 2 N–H and O–H groups in total. The molecule has 0 aromatic heterocycles. The minimum atomic E-state index is -0.841. The van der Waals surface area contributed by atoms with Crippen LogP contribution in [0.15, 0.2) is 0 Å². The summed E-state index contributed by atoms with van der Waals surface area (Å²) in [6.07, 6.45) is 1.41. The molecule has 0 aromatic carbocycles. The number of rotatable bonds is 1. The maximum atomic E-state index is 12.2. The number of aliphatic hydroxyl groups excluding tert-OH is 1. The molecule has 1 unspecified atom stereocenters. The molecular weight excluding hydrogens is 236 g/mol. The highest BCUT2D eigenvalue weighted by atomic mass is 16.4. The molecule has 2 heterocycles. The smallest absolute Gasteiger partial charge is 0.320 e. The van der Waals surface area contributed by atoms with Gasteiger partial charge in [-0.05, 0) is 26.2 Å². The highest BCUT2D eigenvalue weighted by molar-refractivity contribution is 5.79. The van der Waals surface area contributed by atoms with Crippen molar-refractivity contribution in [3.63, 3.8) is 0 Å². The molecule has 2 aliphatic rings. The number of urea groups is 1. The van der Waals surface area contributed by atoms with Crippen LogP contribution in [0.5, 0.6) is 0 Å². The van der Waals surface area contributed by atoms with Gasteiger partial charge in [0.25, 0.3) is 0 Å². The fourth-order valence-electron chi connectivity index (χ4n) is 2.56. The number of carboxylic acids is 1. The fraction of sp³-hybridized carbons (Fsp3) is 0.833. The van der Waals surface area contributed by atoms with E-state index in [0.717, 1.165) is 0 Å². The predicted octanol–water partition coefficient (Wildman–Crippen LogP) is 0.360. The summed E-state index contributed by atoms with van der Waals surface area (Å²) < 4.78 is 0. The zero-order chi connectivity index (χ0) is 13.3. The van der Waals surface area contributed by atoms with Gasteiger partial charge in [0.05, 0.1) is 11.5 Å². The van der Waals surface area contributed by atoms with Crippen LogP contribution in [0.25, 0.3) is 0 Å². The Kier molecular flexibility index (Phi) is 3.47. The summed E-state index contributed by atoms with van der Waals surface area (Å²) in [6.45, 7) is 3.57. The molecule has 2 saturated heterocycles.